The van der Waals surface area contributed by atoms with E-state index in [4.69, 9.17) is 5.11 Å². The number of nitrogens with one attached hydrogen (secondary N) is 1. The topological polar surface area (TPSA) is 82.5 Å². The highest BCUT2D eigenvalue weighted by atomic mass is 16.4. The largest absolute Gasteiger partial charge is 0.481 e. The Labute approximate surface area is 118 Å². The van der Waals surface area contributed by atoms with Crippen LogP contribution in [0.4, 0.5) is 4.79 Å². The van der Waals surface area contributed by atoms with Gasteiger partial charge in [0.1, 0.15) is 0 Å². The van der Waals surface area contributed by atoms with E-state index >= 15 is 0 Å². The van der Waals surface area contributed by atoms with Crippen molar-refractivity contribution in [3.63, 3.8) is 0 Å². The van der Waals surface area contributed by atoms with Crippen molar-refractivity contribution in [3.05, 3.63) is 30.1 Å². The first-order valence-electron chi connectivity index (χ1n) is 6.53. The number of carbonyl (C=O) groups is 2. The van der Waals surface area contributed by atoms with E-state index in [1.54, 1.807) is 24.9 Å². The summed E-state index contributed by atoms with van der Waals surface area (Å²) < 4.78 is 0. The third-order valence-corrected chi connectivity index (χ3v) is 2.79. The van der Waals surface area contributed by atoms with Gasteiger partial charge in [-0.05, 0) is 32.9 Å². The summed E-state index contributed by atoms with van der Waals surface area (Å²) in [6.07, 6.45) is 1.55. The van der Waals surface area contributed by atoms with E-state index in [9.17, 15) is 9.59 Å². The van der Waals surface area contributed by atoms with Crippen LogP contribution in [0.3, 0.4) is 0 Å². The molecule has 0 aliphatic carbocycles. The summed E-state index contributed by atoms with van der Waals surface area (Å²) in [5.74, 6) is -0.942. The summed E-state index contributed by atoms with van der Waals surface area (Å²) in [6, 6.07) is 5.24. The van der Waals surface area contributed by atoms with Crippen molar-refractivity contribution in [2.75, 3.05) is 6.54 Å². The number of rotatable bonds is 6. The molecule has 0 unspecified atom stereocenters. The maximum atomic E-state index is 12.2. The van der Waals surface area contributed by atoms with Crippen LogP contribution in [0, 0.1) is 0 Å². The summed E-state index contributed by atoms with van der Waals surface area (Å²) in [5.41, 5.74) is 0.000950. The van der Waals surface area contributed by atoms with Gasteiger partial charge in [0.05, 0.1) is 18.7 Å². The Kier molecular flexibility index (Phi) is 5.49. The Hall–Kier alpha value is -2.11. The van der Waals surface area contributed by atoms with Crippen LogP contribution >= 0.6 is 0 Å². The second-order valence-electron chi connectivity index (χ2n) is 5.22. The molecule has 2 amide bonds. The highest BCUT2D eigenvalue weighted by molar-refractivity contribution is 5.76. The molecule has 20 heavy (non-hydrogen) atoms. The fraction of sp³-hybridized carbons (Fsp3) is 0.500. The normalized spacial score (nSPS) is 10.9. The number of carbonyl (C=O) groups excluding carboxylic acids is 1. The van der Waals surface area contributed by atoms with Gasteiger partial charge in [0.15, 0.2) is 0 Å². The number of carboxylic acid groups (broad SMARTS) is 1. The molecule has 0 atom stereocenters. The second-order valence-corrected chi connectivity index (χ2v) is 5.22. The minimum Gasteiger partial charge on any atom is -0.481 e. The Morgan fingerprint density at radius 3 is 2.60 bits per heavy atom. The zero-order chi connectivity index (χ0) is 15.2. The maximum Gasteiger partial charge on any atom is 0.318 e. The van der Waals surface area contributed by atoms with Gasteiger partial charge in [-0.2, -0.15) is 0 Å². The Morgan fingerprint density at radius 1 is 1.40 bits per heavy atom. The quantitative estimate of drug-likeness (QED) is 0.832. The summed E-state index contributed by atoms with van der Waals surface area (Å²) in [5, 5.41) is 11.6. The van der Waals surface area contributed by atoms with Crippen LogP contribution in [-0.2, 0) is 11.3 Å². The van der Waals surface area contributed by atoms with Crippen LogP contribution in [0.5, 0.6) is 0 Å². The number of pyridine rings is 1. The molecule has 1 aromatic heterocycles. The zero-order valence-electron chi connectivity index (χ0n) is 12.1. The van der Waals surface area contributed by atoms with Crippen molar-refractivity contribution in [1.82, 2.24) is 15.2 Å². The maximum absolute atomic E-state index is 12.2. The lowest BCUT2D eigenvalue weighted by atomic mass is 10.0. The molecule has 1 heterocycles. The molecule has 0 aromatic carbocycles. The Morgan fingerprint density at radius 2 is 2.10 bits per heavy atom. The van der Waals surface area contributed by atoms with Crippen LogP contribution < -0.4 is 5.32 Å². The van der Waals surface area contributed by atoms with E-state index in [-0.39, 0.29) is 12.5 Å². The lowest BCUT2D eigenvalue weighted by Gasteiger charge is -2.29. The zero-order valence-corrected chi connectivity index (χ0v) is 12.1. The fourth-order valence-electron chi connectivity index (χ4n) is 1.81. The van der Waals surface area contributed by atoms with E-state index < -0.39 is 11.5 Å². The molecule has 0 fully saturated rings. The minimum absolute atomic E-state index is 0.125. The first-order valence-corrected chi connectivity index (χ1v) is 6.53. The third kappa shape index (κ3) is 5.26. The Bertz CT molecular complexity index is 460. The van der Waals surface area contributed by atoms with Gasteiger partial charge in [0.25, 0.3) is 0 Å². The number of hydrogen-bond donors (Lipinski definition) is 2. The second kappa shape index (κ2) is 6.88. The lowest BCUT2D eigenvalue weighted by molar-refractivity contribution is -0.138. The van der Waals surface area contributed by atoms with Crippen molar-refractivity contribution in [2.24, 2.45) is 0 Å². The first-order chi connectivity index (χ1) is 9.34. The molecular formula is C14H21N3O3. The van der Waals surface area contributed by atoms with Gasteiger partial charge in [-0.3, -0.25) is 9.78 Å². The van der Waals surface area contributed by atoms with Crippen molar-refractivity contribution >= 4 is 12.0 Å². The van der Waals surface area contributed by atoms with Crippen LogP contribution in [0.1, 0.15) is 32.9 Å². The molecule has 0 aliphatic rings. The number of hydrogen-bond acceptors (Lipinski definition) is 3. The molecule has 6 heteroatoms. The molecule has 1 rings (SSSR count). The lowest BCUT2D eigenvalue weighted by Crippen LogP contribution is -2.50. The van der Waals surface area contributed by atoms with Gasteiger partial charge >= 0.3 is 12.0 Å². The van der Waals surface area contributed by atoms with Crippen LogP contribution in [0.2, 0.25) is 0 Å². The van der Waals surface area contributed by atoms with Crippen LogP contribution in [-0.4, -0.2) is 39.1 Å². The molecule has 6 nitrogen and oxygen atoms in total. The monoisotopic (exact) mass is 279 g/mol. The Balaban J connectivity index is 2.65. The van der Waals surface area contributed by atoms with E-state index in [2.05, 4.69) is 10.3 Å². The first kappa shape index (κ1) is 15.9. The number of carboxylic acids is 1. The molecule has 110 valence electrons. The van der Waals surface area contributed by atoms with Crippen LogP contribution in [0.15, 0.2) is 24.4 Å². The minimum atomic E-state index is -0.942. The highest BCUT2D eigenvalue weighted by Gasteiger charge is 2.26. The van der Waals surface area contributed by atoms with E-state index in [1.165, 1.54) is 0 Å². The van der Waals surface area contributed by atoms with Crippen LogP contribution in [0.25, 0.3) is 0 Å². The molecule has 0 radical (unpaired) electrons. The number of nitrogens with zero attached hydrogens (tertiary/aromatic N) is 2. The van der Waals surface area contributed by atoms with Crippen molar-refractivity contribution in [3.8, 4) is 0 Å². The molecule has 0 spiro atoms. The molecular weight excluding hydrogens is 258 g/mol. The van der Waals surface area contributed by atoms with Gasteiger partial charge in [-0.15, -0.1) is 0 Å². The van der Waals surface area contributed by atoms with Gasteiger partial charge in [0, 0.05) is 18.3 Å². The van der Waals surface area contributed by atoms with Crippen molar-refractivity contribution < 1.29 is 14.7 Å². The molecule has 1 aromatic rings. The summed E-state index contributed by atoms with van der Waals surface area (Å²) in [7, 11) is 0. The molecule has 0 saturated carbocycles. The smallest absolute Gasteiger partial charge is 0.318 e. The molecule has 2 N–H and O–H groups in total. The molecule has 0 aliphatic heterocycles. The van der Waals surface area contributed by atoms with Crippen molar-refractivity contribution in [2.45, 2.75) is 39.3 Å². The SMILES string of the molecule is CCN(Cc1ccccn1)C(=O)NC(C)(C)CC(=O)O. The number of aromatic nitrogens is 1. The third-order valence-electron chi connectivity index (χ3n) is 2.79. The van der Waals surface area contributed by atoms with E-state index in [0.717, 1.165) is 5.69 Å². The average Bonchev–Trinajstić information content (AvgIpc) is 2.34. The highest BCUT2D eigenvalue weighted by Crippen LogP contribution is 2.10. The standard InChI is InChI=1S/C14H21N3O3/c1-4-17(10-11-7-5-6-8-15-11)13(20)16-14(2,3)9-12(18)19/h5-8H,4,9-10H2,1-3H3,(H,16,20)(H,18,19). The number of amides is 2. The molecule has 0 saturated heterocycles. The summed E-state index contributed by atoms with van der Waals surface area (Å²) in [4.78, 5) is 28.7. The number of urea groups is 1. The van der Waals surface area contributed by atoms with E-state index in [1.807, 2.05) is 25.1 Å². The van der Waals surface area contributed by atoms with Crippen molar-refractivity contribution in [1.29, 1.82) is 0 Å². The fourth-order valence-corrected chi connectivity index (χ4v) is 1.81. The summed E-state index contributed by atoms with van der Waals surface area (Å²) in [6.45, 7) is 6.16. The van der Waals surface area contributed by atoms with Gasteiger partial charge in [0.2, 0.25) is 0 Å². The van der Waals surface area contributed by atoms with E-state index in [0.29, 0.717) is 13.1 Å². The molecule has 0 bridgehead atoms. The average molecular weight is 279 g/mol. The predicted molar refractivity (Wildman–Crippen MR) is 75.2 cm³/mol. The predicted octanol–water partition coefficient (Wildman–Crippen LogP) is 1.87. The van der Waals surface area contributed by atoms with Gasteiger partial charge in [-0.25, -0.2) is 4.79 Å². The van der Waals surface area contributed by atoms with Gasteiger partial charge in [-0.1, -0.05) is 6.07 Å². The van der Waals surface area contributed by atoms with Gasteiger partial charge < -0.3 is 15.3 Å². The summed E-state index contributed by atoms with van der Waals surface area (Å²) >= 11 is 0. The number of aliphatic carboxylic acids is 1.